The van der Waals surface area contributed by atoms with Crippen LogP contribution in [0.25, 0.3) is 22.3 Å². The lowest BCUT2D eigenvalue weighted by Crippen LogP contribution is -2.25. The third-order valence-corrected chi connectivity index (χ3v) is 7.73. The molecule has 4 heterocycles. The molecule has 1 amide bonds. The molecule has 7 heteroatoms. The summed E-state index contributed by atoms with van der Waals surface area (Å²) in [6.07, 6.45) is 4.31. The molecule has 182 valence electrons. The molecule has 1 N–H and O–H groups in total. The molecule has 1 aliphatic rings. The van der Waals surface area contributed by atoms with Gasteiger partial charge in [-0.1, -0.05) is 24.3 Å². The van der Waals surface area contributed by atoms with Gasteiger partial charge in [-0.25, -0.2) is 9.67 Å². The number of pyridine rings is 1. The molecule has 0 saturated carbocycles. The van der Waals surface area contributed by atoms with Gasteiger partial charge >= 0.3 is 0 Å². The minimum Gasteiger partial charge on any atom is -0.348 e. The van der Waals surface area contributed by atoms with E-state index in [1.54, 1.807) is 17.5 Å². The number of aryl methyl sites for hydroxylation is 2. The van der Waals surface area contributed by atoms with Gasteiger partial charge in [-0.3, -0.25) is 9.69 Å². The van der Waals surface area contributed by atoms with Crippen LogP contribution in [-0.4, -0.2) is 38.7 Å². The second-order valence-electron chi connectivity index (χ2n) is 9.74. The molecule has 0 atom stereocenters. The van der Waals surface area contributed by atoms with Crippen molar-refractivity contribution >= 4 is 28.3 Å². The number of nitrogens with zero attached hydrogens (tertiary/aromatic N) is 4. The van der Waals surface area contributed by atoms with Crippen LogP contribution >= 0.6 is 11.3 Å². The molecular weight excluding hydrogens is 454 g/mol. The maximum Gasteiger partial charge on any atom is 0.252 e. The van der Waals surface area contributed by atoms with Crippen molar-refractivity contribution in [1.82, 2.24) is 25.0 Å². The second-order valence-corrected chi connectivity index (χ2v) is 11.2. The van der Waals surface area contributed by atoms with Crippen molar-refractivity contribution in [1.29, 1.82) is 0 Å². The van der Waals surface area contributed by atoms with Crippen molar-refractivity contribution < 1.29 is 4.79 Å². The smallest absolute Gasteiger partial charge is 0.252 e. The van der Waals surface area contributed by atoms with Crippen LogP contribution < -0.4 is 5.32 Å². The summed E-state index contributed by atoms with van der Waals surface area (Å²) in [4.78, 5) is 23.4. The van der Waals surface area contributed by atoms with E-state index in [-0.39, 0.29) is 11.9 Å². The fourth-order valence-corrected chi connectivity index (χ4v) is 5.88. The van der Waals surface area contributed by atoms with Crippen LogP contribution in [0, 0.1) is 13.8 Å². The summed E-state index contributed by atoms with van der Waals surface area (Å²) in [5.41, 5.74) is 5.72. The Kier molecular flexibility index (Phi) is 6.71. The Labute approximate surface area is 211 Å². The first kappa shape index (κ1) is 23.7. The first-order chi connectivity index (χ1) is 16.9. The molecule has 1 aliphatic heterocycles. The molecule has 3 aromatic heterocycles. The summed E-state index contributed by atoms with van der Waals surface area (Å²) in [6, 6.07) is 12.7. The Morgan fingerprint density at radius 3 is 2.54 bits per heavy atom. The normalized spacial score (nSPS) is 14.3. The minimum absolute atomic E-state index is 0.0949. The number of carbonyl (C=O) groups excluding carboxylic acids is 1. The van der Waals surface area contributed by atoms with Crippen LogP contribution in [0.5, 0.6) is 0 Å². The lowest BCUT2D eigenvalue weighted by atomic mass is 10.1. The van der Waals surface area contributed by atoms with Crippen molar-refractivity contribution in [3.63, 3.8) is 0 Å². The van der Waals surface area contributed by atoms with Gasteiger partial charge in [-0.05, 0) is 76.9 Å². The third kappa shape index (κ3) is 4.88. The largest absolute Gasteiger partial charge is 0.348 e. The Morgan fingerprint density at radius 2 is 1.86 bits per heavy atom. The highest BCUT2D eigenvalue weighted by Gasteiger charge is 2.20. The maximum atomic E-state index is 13.6. The second kappa shape index (κ2) is 9.91. The van der Waals surface area contributed by atoms with Gasteiger partial charge in [0.1, 0.15) is 0 Å². The van der Waals surface area contributed by atoms with E-state index < -0.39 is 0 Å². The van der Waals surface area contributed by atoms with Crippen molar-refractivity contribution in [3.8, 4) is 11.3 Å². The van der Waals surface area contributed by atoms with E-state index in [2.05, 4.69) is 67.3 Å². The average molecular weight is 488 g/mol. The number of hydrogen-bond donors (Lipinski definition) is 1. The third-order valence-electron chi connectivity index (χ3n) is 6.77. The van der Waals surface area contributed by atoms with E-state index >= 15 is 0 Å². The zero-order valence-corrected chi connectivity index (χ0v) is 21.8. The van der Waals surface area contributed by atoms with Crippen molar-refractivity contribution in [2.45, 2.75) is 59.7 Å². The number of aromatic nitrogens is 3. The van der Waals surface area contributed by atoms with Crippen molar-refractivity contribution in [2.24, 2.45) is 0 Å². The SMILES string of the molecule is Cc1cc(-c2cc(C(=O)NCc3ccccc3CN3CCCC3)c3cnn(C(C)C)c3n2)c(C)s1. The number of amides is 1. The monoisotopic (exact) mass is 487 g/mol. The van der Waals surface area contributed by atoms with Gasteiger partial charge in [0.25, 0.3) is 5.91 Å². The van der Waals surface area contributed by atoms with Crippen molar-refractivity contribution in [3.05, 3.63) is 69.0 Å². The molecule has 1 saturated heterocycles. The lowest BCUT2D eigenvalue weighted by molar-refractivity contribution is 0.0952. The Balaban J connectivity index is 1.46. The standard InChI is InChI=1S/C28H33N5OS/c1-18(2)33-27-25(16-30-33)24(14-26(31-27)23-13-19(3)35-20(23)4)28(34)29-15-21-9-5-6-10-22(21)17-32-11-7-8-12-32/h5-6,9-10,13-14,16,18H,7-8,11-12,15,17H2,1-4H3,(H,29,34). The van der Waals surface area contributed by atoms with Gasteiger partial charge in [0.05, 0.1) is 22.8 Å². The predicted octanol–water partition coefficient (Wildman–Crippen LogP) is 5.88. The van der Waals surface area contributed by atoms with Crippen LogP contribution in [0.15, 0.2) is 42.6 Å². The molecule has 1 aromatic carbocycles. The first-order valence-corrected chi connectivity index (χ1v) is 13.3. The highest BCUT2D eigenvalue weighted by molar-refractivity contribution is 7.12. The fraction of sp³-hybridized carbons (Fsp3) is 0.393. The van der Waals surface area contributed by atoms with Gasteiger partial charge in [0.15, 0.2) is 5.65 Å². The van der Waals surface area contributed by atoms with E-state index in [0.29, 0.717) is 12.1 Å². The molecule has 35 heavy (non-hydrogen) atoms. The van der Waals surface area contributed by atoms with E-state index in [1.807, 2.05) is 16.8 Å². The van der Waals surface area contributed by atoms with Crippen LogP contribution in [0.2, 0.25) is 0 Å². The molecule has 4 aromatic rings. The van der Waals surface area contributed by atoms with Crippen LogP contribution in [0.4, 0.5) is 0 Å². The highest BCUT2D eigenvalue weighted by Crippen LogP contribution is 2.32. The van der Waals surface area contributed by atoms with Gasteiger partial charge in [0, 0.05) is 34.4 Å². The minimum atomic E-state index is -0.0949. The highest BCUT2D eigenvalue weighted by atomic mass is 32.1. The van der Waals surface area contributed by atoms with Crippen molar-refractivity contribution in [2.75, 3.05) is 13.1 Å². The molecular formula is C28H33N5OS. The Morgan fingerprint density at radius 1 is 1.11 bits per heavy atom. The van der Waals surface area contributed by atoms with Gasteiger partial charge < -0.3 is 5.32 Å². The summed E-state index contributed by atoms with van der Waals surface area (Å²) >= 11 is 1.75. The van der Waals surface area contributed by atoms with E-state index in [0.717, 1.165) is 41.9 Å². The topological polar surface area (TPSA) is 63.1 Å². The Bertz CT molecular complexity index is 1360. The molecule has 5 rings (SSSR count). The summed E-state index contributed by atoms with van der Waals surface area (Å²) in [5.74, 6) is -0.0949. The zero-order chi connectivity index (χ0) is 24.5. The number of carbonyl (C=O) groups is 1. The van der Waals surface area contributed by atoms with Gasteiger partial charge in [-0.2, -0.15) is 5.10 Å². The molecule has 6 nitrogen and oxygen atoms in total. The predicted molar refractivity (Wildman–Crippen MR) is 143 cm³/mol. The number of rotatable bonds is 7. The number of fused-ring (bicyclic) bond motifs is 1. The lowest BCUT2D eigenvalue weighted by Gasteiger charge is -2.18. The van der Waals surface area contributed by atoms with Gasteiger partial charge in [0.2, 0.25) is 0 Å². The van der Waals surface area contributed by atoms with Gasteiger partial charge in [-0.15, -0.1) is 11.3 Å². The summed E-state index contributed by atoms with van der Waals surface area (Å²) < 4.78 is 1.90. The van der Waals surface area contributed by atoms with E-state index in [4.69, 9.17) is 4.98 Å². The molecule has 0 spiro atoms. The molecule has 0 bridgehead atoms. The number of thiophene rings is 1. The fourth-order valence-electron chi connectivity index (χ4n) is 4.94. The first-order valence-electron chi connectivity index (χ1n) is 12.4. The molecule has 1 fully saturated rings. The van der Waals surface area contributed by atoms with Crippen LogP contribution in [0.1, 0.15) is 64.0 Å². The summed E-state index contributed by atoms with van der Waals surface area (Å²) in [7, 11) is 0. The number of likely N-dealkylation sites (tertiary alicyclic amines) is 1. The van der Waals surface area contributed by atoms with Crippen LogP contribution in [0.3, 0.4) is 0 Å². The molecule has 0 unspecified atom stereocenters. The maximum absolute atomic E-state index is 13.6. The summed E-state index contributed by atoms with van der Waals surface area (Å²) in [5, 5.41) is 8.54. The van der Waals surface area contributed by atoms with E-state index in [9.17, 15) is 4.79 Å². The number of benzene rings is 1. The van der Waals surface area contributed by atoms with Crippen LogP contribution in [-0.2, 0) is 13.1 Å². The molecule has 0 radical (unpaired) electrons. The summed E-state index contributed by atoms with van der Waals surface area (Å²) in [6.45, 7) is 12.1. The van der Waals surface area contributed by atoms with E-state index in [1.165, 1.54) is 33.7 Å². The Hall–Kier alpha value is -3.03. The number of nitrogens with one attached hydrogen (secondary N) is 1. The zero-order valence-electron chi connectivity index (χ0n) is 21.0. The average Bonchev–Trinajstić information content (AvgIpc) is 3.57. The quantitative estimate of drug-likeness (QED) is 0.353. The number of hydrogen-bond acceptors (Lipinski definition) is 5. The molecule has 0 aliphatic carbocycles.